The largest absolute Gasteiger partial charge is 0.455 e. The molecule has 0 saturated carbocycles. The minimum absolute atomic E-state index is 0.227. The van der Waals surface area contributed by atoms with Gasteiger partial charge in [0.25, 0.3) is 0 Å². The molecule has 1 fully saturated rings. The van der Waals surface area contributed by atoms with E-state index in [4.69, 9.17) is 18.9 Å². The molecule has 0 aromatic heterocycles. The van der Waals surface area contributed by atoms with Crippen molar-refractivity contribution in [3.8, 4) is 0 Å². The summed E-state index contributed by atoms with van der Waals surface area (Å²) in [7, 11) is 0. The second-order valence-electron chi connectivity index (χ2n) is 5.12. The standard InChI is InChI=1S/C14H27NO5/c1-4-6-18-12-9-17-8-11(15)14(16)20-10(3)13(12)19-7-5-2/h10-13H,4-9,15H2,1-3H3/p+1/t10-,11-,12-,13-/m0/s1. The van der Waals surface area contributed by atoms with E-state index in [1.165, 1.54) is 0 Å². The molecule has 6 nitrogen and oxygen atoms in total. The summed E-state index contributed by atoms with van der Waals surface area (Å²) in [4.78, 5) is 11.8. The molecule has 3 N–H and O–H groups in total. The third kappa shape index (κ3) is 5.36. The van der Waals surface area contributed by atoms with Crippen LogP contribution >= 0.6 is 0 Å². The van der Waals surface area contributed by atoms with Crippen LogP contribution in [0.2, 0.25) is 0 Å². The molecule has 20 heavy (non-hydrogen) atoms. The molecule has 1 rings (SSSR count). The molecule has 6 heteroatoms. The normalized spacial score (nSPS) is 32.1. The Morgan fingerprint density at radius 2 is 1.85 bits per heavy atom. The molecule has 4 atom stereocenters. The summed E-state index contributed by atoms with van der Waals surface area (Å²) in [6.07, 6.45) is 0.909. The van der Waals surface area contributed by atoms with E-state index < -0.39 is 6.04 Å². The van der Waals surface area contributed by atoms with Gasteiger partial charge in [-0.25, -0.2) is 4.79 Å². The molecular weight excluding hydrogens is 262 g/mol. The summed E-state index contributed by atoms with van der Waals surface area (Å²) in [6, 6.07) is -0.505. The fourth-order valence-electron chi connectivity index (χ4n) is 2.05. The van der Waals surface area contributed by atoms with Crippen molar-refractivity contribution < 1.29 is 29.5 Å². The van der Waals surface area contributed by atoms with Crippen LogP contribution in [0.5, 0.6) is 0 Å². The molecule has 0 bridgehead atoms. The monoisotopic (exact) mass is 290 g/mol. The summed E-state index contributed by atoms with van der Waals surface area (Å²) >= 11 is 0. The minimum Gasteiger partial charge on any atom is -0.455 e. The Bertz CT molecular complexity index is 287. The third-order valence-corrected chi connectivity index (χ3v) is 3.12. The zero-order valence-corrected chi connectivity index (χ0v) is 12.8. The maximum absolute atomic E-state index is 11.8. The van der Waals surface area contributed by atoms with Gasteiger partial charge >= 0.3 is 5.97 Å². The summed E-state index contributed by atoms with van der Waals surface area (Å²) in [6.45, 7) is 7.79. The molecule has 0 spiro atoms. The van der Waals surface area contributed by atoms with Crippen molar-refractivity contribution in [3.63, 3.8) is 0 Å². The van der Waals surface area contributed by atoms with E-state index in [9.17, 15) is 4.79 Å². The molecule has 1 heterocycles. The Kier molecular flexibility index (Phi) is 8.06. The fourth-order valence-corrected chi connectivity index (χ4v) is 2.05. The zero-order chi connectivity index (χ0) is 15.0. The Balaban J connectivity index is 2.76. The lowest BCUT2D eigenvalue weighted by atomic mass is 10.1. The number of carbonyl (C=O) groups is 1. The summed E-state index contributed by atoms with van der Waals surface area (Å²) < 4.78 is 22.6. The lowest BCUT2D eigenvalue weighted by Crippen LogP contribution is -2.67. The van der Waals surface area contributed by atoms with Crippen LogP contribution in [0.4, 0.5) is 0 Å². The minimum atomic E-state index is -0.505. The SMILES string of the molecule is CCCO[C@H]1[C@H](C)OC(=O)[C@@H]([NH3+])COC[C@@H]1OCCC. The van der Waals surface area contributed by atoms with Gasteiger partial charge in [-0.2, -0.15) is 0 Å². The van der Waals surface area contributed by atoms with Crippen LogP contribution in [0.15, 0.2) is 0 Å². The Morgan fingerprint density at radius 3 is 2.50 bits per heavy atom. The lowest BCUT2D eigenvalue weighted by Gasteiger charge is -2.30. The molecule has 0 aromatic carbocycles. The van der Waals surface area contributed by atoms with E-state index in [-0.39, 0.29) is 30.9 Å². The third-order valence-electron chi connectivity index (χ3n) is 3.12. The smallest absolute Gasteiger partial charge is 0.367 e. The van der Waals surface area contributed by atoms with Crippen molar-refractivity contribution >= 4 is 5.97 Å². The van der Waals surface area contributed by atoms with E-state index in [2.05, 4.69) is 5.73 Å². The highest BCUT2D eigenvalue weighted by Gasteiger charge is 2.35. The molecule has 1 saturated heterocycles. The molecule has 0 radical (unpaired) electrons. The number of rotatable bonds is 6. The van der Waals surface area contributed by atoms with E-state index in [0.717, 1.165) is 12.8 Å². The summed E-state index contributed by atoms with van der Waals surface area (Å²) in [5.41, 5.74) is 3.75. The van der Waals surface area contributed by atoms with Gasteiger partial charge in [0.1, 0.15) is 24.9 Å². The van der Waals surface area contributed by atoms with Gasteiger partial charge in [0.15, 0.2) is 0 Å². The van der Waals surface area contributed by atoms with Crippen LogP contribution in [0.1, 0.15) is 33.6 Å². The first-order chi connectivity index (χ1) is 9.60. The molecule has 1 aliphatic heterocycles. The second kappa shape index (κ2) is 9.28. The first-order valence-corrected chi connectivity index (χ1v) is 7.44. The van der Waals surface area contributed by atoms with E-state index in [1.807, 2.05) is 20.8 Å². The molecule has 0 amide bonds. The zero-order valence-electron chi connectivity index (χ0n) is 12.8. The van der Waals surface area contributed by atoms with Gasteiger partial charge in [-0.15, -0.1) is 0 Å². The number of hydrogen-bond acceptors (Lipinski definition) is 5. The average molecular weight is 290 g/mol. The van der Waals surface area contributed by atoms with Crippen LogP contribution in [0.3, 0.4) is 0 Å². The van der Waals surface area contributed by atoms with Gasteiger partial charge < -0.3 is 24.7 Å². The van der Waals surface area contributed by atoms with Crippen molar-refractivity contribution in [1.82, 2.24) is 0 Å². The first-order valence-electron chi connectivity index (χ1n) is 7.44. The Hall–Kier alpha value is -0.690. The number of cyclic esters (lactones) is 1. The van der Waals surface area contributed by atoms with Crippen molar-refractivity contribution in [2.75, 3.05) is 26.4 Å². The maximum atomic E-state index is 11.8. The molecular formula is C14H28NO5+. The van der Waals surface area contributed by atoms with Crippen LogP contribution in [-0.2, 0) is 23.7 Å². The predicted molar refractivity (Wildman–Crippen MR) is 73.1 cm³/mol. The van der Waals surface area contributed by atoms with E-state index >= 15 is 0 Å². The number of ether oxygens (including phenoxy) is 4. The molecule has 118 valence electrons. The van der Waals surface area contributed by atoms with Gasteiger partial charge in [0, 0.05) is 13.2 Å². The number of esters is 1. The topological polar surface area (TPSA) is 81.6 Å². The summed E-state index contributed by atoms with van der Waals surface area (Å²) in [5, 5.41) is 0. The second-order valence-corrected chi connectivity index (χ2v) is 5.12. The highest BCUT2D eigenvalue weighted by Crippen LogP contribution is 2.16. The molecule has 0 unspecified atom stereocenters. The average Bonchev–Trinajstić information content (AvgIpc) is 2.47. The van der Waals surface area contributed by atoms with Gasteiger partial charge in [-0.05, 0) is 19.8 Å². The molecule has 0 aliphatic carbocycles. The van der Waals surface area contributed by atoms with Crippen molar-refractivity contribution in [3.05, 3.63) is 0 Å². The molecule has 1 aliphatic rings. The van der Waals surface area contributed by atoms with E-state index in [1.54, 1.807) is 0 Å². The highest BCUT2D eigenvalue weighted by atomic mass is 16.6. The predicted octanol–water partition coefficient (Wildman–Crippen LogP) is 0.149. The maximum Gasteiger partial charge on any atom is 0.367 e. The quantitative estimate of drug-likeness (QED) is 0.704. The van der Waals surface area contributed by atoms with Gasteiger partial charge in [-0.3, -0.25) is 0 Å². The lowest BCUT2D eigenvalue weighted by molar-refractivity contribution is -0.415. The summed E-state index contributed by atoms with van der Waals surface area (Å²) in [5.74, 6) is -0.348. The molecule has 0 aromatic rings. The van der Waals surface area contributed by atoms with E-state index in [0.29, 0.717) is 19.8 Å². The first kappa shape index (κ1) is 17.4. The number of carbonyl (C=O) groups excluding carboxylic acids is 1. The van der Waals surface area contributed by atoms with Crippen LogP contribution < -0.4 is 5.73 Å². The van der Waals surface area contributed by atoms with Gasteiger partial charge in [0.2, 0.25) is 6.04 Å². The fraction of sp³-hybridized carbons (Fsp3) is 0.929. The van der Waals surface area contributed by atoms with Crippen molar-refractivity contribution in [1.29, 1.82) is 0 Å². The van der Waals surface area contributed by atoms with Crippen LogP contribution in [-0.4, -0.2) is 56.8 Å². The van der Waals surface area contributed by atoms with Gasteiger partial charge in [0.05, 0.1) is 6.61 Å². The number of hydrogen-bond donors (Lipinski definition) is 1. The Labute approximate surface area is 120 Å². The van der Waals surface area contributed by atoms with Crippen LogP contribution in [0, 0.1) is 0 Å². The number of quaternary nitrogens is 1. The van der Waals surface area contributed by atoms with Gasteiger partial charge in [-0.1, -0.05) is 13.8 Å². The van der Waals surface area contributed by atoms with Crippen LogP contribution in [0.25, 0.3) is 0 Å². The van der Waals surface area contributed by atoms with Crippen molar-refractivity contribution in [2.45, 2.75) is 58.0 Å². The van der Waals surface area contributed by atoms with Crippen molar-refractivity contribution in [2.24, 2.45) is 0 Å². The highest BCUT2D eigenvalue weighted by molar-refractivity contribution is 5.74. The Morgan fingerprint density at radius 1 is 1.20 bits per heavy atom.